The number of aliphatic carboxylic acids is 1. The van der Waals surface area contributed by atoms with Gasteiger partial charge in [-0.1, -0.05) is 15.9 Å². The maximum Gasteiger partial charge on any atom is 0.310 e. The van der Waals surface area contributed by atoms with Crippen molar-refractivity contribution in [1.29, 1.82) is 0 Å². The molecule has 0 aliphatic carbocycles. The van der Waals surface area contributed by atoms with Crippen LogP contribution in [0.1, 0.15) is 19.4 Å². The first-order chi connectivity index (χ1) is 8.72. The van der Waals surface area contributed by atoms with Crippen LogP contribution in [0.25, 0.3) is 0 Å². The molecule has 19 heavy (non-hydrogen) atoms. The molecule has 0 unspecified atom stereocenters. The van der Waals surface area contributed by atoms with Crippen molar-refractivity contribution in [1.82, 2.24) is 5.32 Å². The Bertz CT molecular complexity index is 503. The van der Waals surface area contributed by atoms with Crippen molar-refractivity contribution in [2.75, 3.05) is 6.54 Å². The van der Waals surface area contributed by atoms with Gasteiger partial charge in [-0.2, -0.15) is 0 Å². The van der Waals surface area contributed by atoms with Crippen LogP contribution in [-0.4, -0.2) is 23.5 Å². The summed E-state index contributed by atoms with van der Waals surface area (Å²) in [5, 5.41) is 11.5. The molecule has 4 nitrogen and oxygen atoms in total. The first-order valence-electron chi connectivity index (χ1n) is 5.66. The van der Waals surface area contributed by atoms with Gasteiger partial charge in [-0.15, -0.1) is 0 Å². The topological polar surface area (TPSA) is 66.4 Å². The van der Waals surface area contributed by atoms with Crippen LogP contribution in [0, 0.1) is 11.2 Å². The average Bonchev–Trinajstić information content (AvgIpc) is 2.31. The summed E-state index contributed by atoms with van der Waals surface area (Å²) in [4.78, 5) is 22.6. The first kappa shape index (κ1) is 15.6. The number of hydrogen-bond donors (Lipinski definition) is 2. The van der Waals surface area contributed by atoms with Crippen molar-refractivity contribution >= 4 is 27.8 Å². The van der Waals surface area contributed by atoms with E-state index in [1.165, 1.54) is 32.0 Å². The molecule has 104 valence electrons. The van der Waals surface area contributed by atoms with Crippen molar-refractivity contribution in [2.24, 2.45) is 5.41 Å². The van der Waals surface area contributed by atoms with Crippen LogP contribution in [-0.2, 0) is 16.0 Å². The highest BCUT2D eigenvalue weighted by atomic mass is 79.9. The molecule has 2 N–H and O–H groups in total. The summed E-state index contributed by atoms with van der Waals surface area (Å²) in [5.41, 5.74) is -0.514. The van der Waals surface area contributed by atoms with Crippen LogP contribution in [0.5, 0.6) is 0 Å². The van der Waals surface area contributed by atoms with Gasteiger partial charge in [0.2, 0.25) is 5.91 Å². The van der Waals surface area contributed by atoms with E-state index in [1.54, 1.807) is 0 Å². The second-order valence-electron chi connectivity index (χ2n) is 4.88. The predicted octanol–water partition coefficient (Wildman–Crippen LogP) is 2.36. The SMILES string of the molecule is CC(C)(CNC(=O)Cc1cc(F)ccc1Br)C(=O)O. The molecule has 0 spiro atoms. The smallest absolute Gasteiger partial charge is 0.310 e. The summed E-state index contributed by atoms with van der Waals surface area (Å²) in [5.74, 6) is -1.75. The average molecular weight is 332 g/mol. The summed E-state index contributed by atoms with van der Waals surface area (Å²) in [6.07, 6.45) is -0.00591. The molecular weight excluding hydrogens is 317 g/mol. The zero-order valence-corrected chi connectivity index (χ0v) is 12.3. The lowest BCUT2D eigenvalue weighted by Crippen LogP contribution is -2.39. The molecule has 0 aliphatic rings. The molecule has 0 fully saturated rings. The number of halogens is 2. The van der Waals surface area contributed by atoms with Crippen molar-refractivity contribution in [3.63, 3.8) is 0 Å². The van der Waals surface area contributed by atoms with Gasteiger partial charge in [-0.3, -0.25) is 9.59 Å². The number of benzene rings is 1. The molecule has 0 saturated heterocycles. The van der Waals surface area contributed by atoms with Crippen LogP contribution in [0.2, 0.25) is 0 Å². The molecule has 1 rings (SSSR count). The highest BCUT2D eigenvalue weighted by Gasteiger charge is 2.27. The summed E-state index contributed by atoms with van der Waals surface area (Å²) < 4.78 is 13.7. The van der Waals surface area contributed by atoms with Crippen LogP contribution in [0.4, 0.5) is 4.39 Å². The standard InChI is InChI=1S/C13H15BrFNO3/c1-13(2,12(18)19)7-16-11(17)6-8-5-9(15)3-4-10(8)14/h3-5H,6-7H2,1-2H3,(H,16,17)(H,18,19). The van der Waals surface area contributed by atoms with Gasteiger partial charge >= 0.3 is 5.97 Å². The van der Waals surface area contributed by atoms with E-state index < -0.39 is 17.2 Å². The first-order valence-corrected chi connectivity index (χ1v) is 6.46. The largest absolute Gasteiger partial charge is 0.481 e. The van der Waals surface area contributed by atoms with Crippen molar-refractivity contribution in [3.05, 3.63) is 34.1 Å². The molecule has 1 aromatic rings. The van der Waals surface area contributed by atoms with Gasteiger partial charge < -0.3 is 10.4 Å². The number of carbonyl (C=O) groups is 2. The number of carbonyl (C=O) groups excluding carboxylic acids is 1. The summed E-state index contributed by atoms with van der Waals surface area (Å²) in [7, 11) is 0. The third-order valence-corrected chi connectivity index (χ3v) is 3.44. The van der Waals surface area contributed by atoms with E-state index in [2.05, 4.69) is 21.2 Å². The van der Waals surface area contributed by atoms with Gasteiger partial charge in [0, 0.05) is 11.0 Å². The van der Waals surface area contributed by atoms with Crippen LogP contribution < -0.4 is 5.32 Å². The number of carboxylic acid groups (broad SMARTS) is 1. The second kappa shape index (κ2) is 6.14. The van der Waals surface area contributed by atoms with Gasteiger partial charge in [-0.25, -0.2) is 4.39 Å². The van der Waals surface area contributed by atoms with E-state index in [0.29, 0.717) is 10.0 Å². The molecular formula is C13H15BrFNO3. The monoisotopic (exact) mass is 331 g/mol. The van der Waals surface area contributed by atoms with Gasteiger partial charge in [0.15, 0.2) is 0 Å². The Labute approximate surface area is 119 Å². The molecule has 0 aromatic heterocycles. The quantitative estimate of drug-likeness (QED) is 0.870. The van der Waals surface area contributed by atoms with Crippen LogP contribution >= 0.6 is 15.9 Å². The number of nitrogens with one attached hydrogen (secondary N) is 1. The van der Waals surface area contributed by atoms with Crippen molar-refractivity contribution in [3.8, 4) is 0 Å². The van der Waals surface area contributed by atoms with Gasteiger partial charge in [0.05, 0.1) is 11.8 Å². The minimum Gasteiger partial charge on any atom is -0.481 e. The molecule has 0 radical (unpaired) electrons. The Morgan fingerprint density at radius 3 is 2.63 bits per heavy atom. The Kier molecular flexibility index (Phi) is 5.05. The molecule has 1 amide bonds. The second-order valence-corrected chi connectivity index (χ2v) is 5.73. The third-order valence-electron chi connectivity index (χ3n) is 2.67. The molecule has 0 bridgehead atoms. The molecule has 6 heteroatoms. The molecule has 0 atom stereocenters. The zero-order chi connectivity index (χ0) is 14.6. The van der Waals surface area contributed by atoms with Crippen molar-refractivity contribution < 1.29 is 19.1 Å². The Hall–Kier alpha value is -1.43. The molecule has 0 saturated carbocycles. The van der Waals surface area contributed by atoms with Gasteiger partial charge in [-0.05, 0) is 37.6 Å². The summed E-state index contributed by atoms with van der Waals surface area (Å²) >= 11 is 3.23. The highest BCUT2D eigenvalue weighted by molar-refractivity contribution is 9.10. The maximum atomic E-state index is 13.0. The molecule has 1 aromatic carbocycles. The minimum atomic E-state index is -1.03. The lowest BCUT2D eigenvalue weighted by atomic mass is 9.94. The van der Waals surface area contributed by atoms with E-state index in [1.807, 2.05) is 0 Å². The van der Waals surface area contributed by atoms with Crippen LogP contribution in [0.15, 0.2) is 22.7 Å². The third kappa shape index (κ3) is 4.63. The van der Waals surface area contributed by atoms with Crippen LogP contribution in [0.3, 0.4) is 0 Å². The van der Waals surface area contributed by atoms with E-state index >= 15 is 0 Å². The number of carboxylic acids is 1. The fourth-order valence-corrected chi connectivity index (χ4v) is 1.70. The van der Waals surface area contributed by atoms with E-state index in [0.717, 1.165) is 0 Å². The maximum absolute atomic E-state index is 13.0. The van der Waals surface area contributed by atoms with E-state index in [-0.39, 0.29) is 18.9 Å². The lowest BCUT2D eigenvalue weighted by Gasteiger charge is -2.19. The fraction of sp³-hybridized carbons (Fsp3) is 0.385. The fourth-order valence-electron chi connectivity index (χ4n) is 1.31. The van der Waals surface area contributed by atoms with Crippen molar-refractivity contribution in [2.45, 2.75) is 20.3 Å². The number of amides is 1. The molecule has 0 heterocycles. The molecule has 0 aliphatic heterocycles. The van der Waals surface area contributed by atoms with Gasteiger partial charge in [0.25, 0.3) is 0 Å². The minimum absolute atomic E-state index is 0.00591. The Morgan fingerprint density at radius 1 is 1.42 bits per heavy atom. The van der Waals surface area contributed by atoms with E-state index in [4.69, 9.17) is 5.11 Å². The summed E-state index contributed by atoms with van der Waals surface area (Å²) in [6, 6.07) is 4.09. The van der Waals surface area contributed by atoms with E-state index in [9.17, 15) is 14.0 Å². The lowest BCUT2D eigenvalue weighted by molar-refractivity contribution is -0.146. The summed E-state index contributed by atoms with van der Waals surface area (Å²) in [6.45, 7) is 3.07. The predicted molar refractivity (Wildman–Crippen MR) is 72.2 cm³/mol. The zero-order valence-electron chi connectivity index (χ0n) is 10.7. The van der Waals surface area contributed by atoms with Gasteiger partial charge in [0.1, 0.15) is 5.82 Å². The Morgan fingerprint density at radius 2 is 2.05 bits per heavy atom. The normalized spacial score (nSPS) is 11.2. The number of hydrogen-bond acceptors (Lipinski definition) is 2. The Balaban J connectivity index is 2.61. The highest BCUT2D eigenvalue weighted by Crippen LogP contribution is 2.18. The number of rotatable bonds is 5.